The maximum Gasteiger partial charge on any atom is 0.228 e. The van der Waals surface area contributed by atoms with Crippen LogP contribution in [-0.4, -0.2) is 18.4 Å². The largest absolute Gasteiger partial charge is 0.356 e. The van der Waals surface area contributed by atoms with Crippen LogP contribution >= 0.6 is 0 Å². The molecule has 0 aliphatic carbocycles. The van der Waals surface area contributed by atoms with Crippen LogP contribution < -0.4 is 16.0 Å². The van der Waals surface area contributed by atoms with Crippen LogP contribution in [0.1, 0.15) is 12.8 Å². The number of hydrogen-bond acceptors (Lipinski definition) is 3. The molecule has 1 atom stereocenters. The Hall–Kier alpha value is -2.96. The number of anilines is 3. The van der Waals surface area contributed by atoms with Crippen LogP contribution in [0.25, 0.3) is 0 Å². The van der Waals surface area contributed by atoms with Gasteiger partial charge in [0, 0.05) is 18.9 Å². The third-order valence-electron chi connectivity index (χ3n) is 4.00. The summed E-state index contributed by atoms with van der Waals surface area (Å²) in [5.41, 5.74) is 0.722. The van der Waals surface area contributed by atoms with E-state index >= 15 is 0 Å². The van der Waals surface area contributed by atoms with Gasteiger partial charge in [0.2, 0.25) is 11.8 Å². The number of hydrogen-bond donors (Lipinski definition) is 3. The Labute approximate surface area is 143 Å². The number of nitrogens with one attached hydrogen (secondary N) is 3. The quantitative estimate of drug-likeness (QED) is 0.797. The van der Waals surface area contributed by atoms with Gasteiger partial charge in [-0.1, -0.05) is 12.1 Å². The van der Waals surface area contributed by atoms with Gasteiger partial charge in [0.15, 0.2) is 0 Å². The van der Waals surface area contributed by atoms with Gasteiger partial charge >= 0.3 is 0 Å². The fourth-order valence-electron chi connectivity index (χ4n) is 2.68. The minimum absolute atomic E-state index is 0.114. The highest BCUT2D eigenvalue weighted by Crippen LogP contribution is 2.29. The maximum atomic E-state index is 13.8. The lowest BCUT2D eigenvalue weighted by molar-refractivity contribution is -0.129. The van der Waals surface area contributed by atoms with Gasteiger partial charge in [-0.25, -0.2) is 8.78 Å². The molecular formula is C18H17F2N3O2. The van der Waals surface area contributed by atoms with Gasteiger partial charge < -0.3 is 16.0 Å². The fraction of sp³-hybridized carbons (Fsp3) is 0.222. The predicted molar refractivity (Wildman–Crippen MR) is 90.4 cm³/mol. The molecule has 1 fully saturated rings. The number of rotatable bonds is 4. The Morgan fingerprint density at radius 1 is 1.08 bits per heavy atom. The highest BCUT2D eigenvalue weighted by Gasteiger charge is 2.26. The second kappa shape index (κ2) is 7.29. The van der Waals surface area contributed by atoms with Crippen molar-refractivity contribution in [2.24, 2.45) is 5.92 Å². The number of benzene rings is 2. The molecule has 0 aromatic heterocycles. The molecule has 2 aromatic carbocycles. The average Bonchev–Trinajstić information content (AvgIpc) is 2.59. The summed E-state index contributed by atoms with van der Waals surface area (Å²) in [7, 11) is 0. The molecule has 1 saturated heterocycles. The highest BCUT2D eigenvalue weighted by atomic mass is 19.1. The molecule has 130 valence electrons. The van der Waals surface area contributed by atoms with Crippen molar-refractivity contribution in [2.45, 2.75) is 12.8 Å². The first-order valence-corrected chi connectivity index (χ1v) is 7.91. The lowest BCUT2D eigenvalue weighted by Crippen LogP contribution is -2.38. The number of carbonyl (C=O) groups excluding carboxylic acids is 2. The van der Waals surface area contributed by atoms with Gasteiger partial charge in [0.05, 0.1) is 17.1 Å². The van der Waals surface area contributed by atoms with Crippen LogP contribution in [0.2, 0.25) is 0 Å². The molecule has 1 heterocycles. The van der Waals surface area contributed by atoms with Crippen molar-refractivity contribution in [2.75, 3.05) is 17.2 Å². The molecule has 0 saturated carbocycles. The van der Waals surface area contributed by atoms with E-state index < -0.39 is 17.6 Å². The normalized spacial score (nSPS) is 16.9. The van der Waals surface area contributed by atoms with Crippen LogP contribution in [0.4, 0.5) is 25.8 Å². The maximum absolute atomic E-state index is 13.8. The molecule has 0 spiro atoms. The molecular weight excluding hydrogens is 328 g/mol. The SMILES string of the molecule is O=C1CC(C(=O)Nc2ccc(F)cc2Nc2ccccc2F)CCN1. The number of halogens is 2. The molecule has 7 heteroatoms. The van der Waals surface area contributed by atoms with Crippen molar-refractivity contribution >= 4 is 28.9 Å². The van der Waals surface area contributed by atoms with E-state index in [2.05, 4.69) is 16.0 Å². The zero-order valence-electron chi connectivity index (χ0n) is 13.3. The number of carbonyl (C=O) groups is 2. The second-order valence-electron chi connectivity index (χ2n) is 5.82. The Balaban J connectivity index is 1.80. The van der Waals surface area contributed by atoms with E-state index in [1.54, 1.807) is 12.1 Å². The van der Waals surface area contributed by atoms with Crippen LogP contribution in [0.3, 0.4) is 0 Å². The van der Waals surface area contributed by atoms with Crippen molar-refractivity contribution in [1.82, 2.24) is 5.32 Å². The van der Waals surface area contributed by atoms with Crippen LogP contribution in [0.15, 0.2) is 42.5 Å². The summed E-state index contributed by atoms with van der Waals surface area (Å²) in [5.74, 6) is -1.95. The van der Waals surface area contributed by atoms with Crippen molar-refractivity contribution < 1.29 is 18.4 Å². The van der Waals surface area contributed by atoms with Gasteiger partial charge in [0.25, 0.3) is 0 Å². The summed E-state index contributed by atoms with van der Waals surface area (Å²) >= 11 is 0. The Morgan fingerprint density at radius 2 is 1.88 bits per heavy atom. The van der Waals surface area contributed by atoms with Crippen LogP contribution in [0, 0.1) is 17.6 Å². The van der Waals surface area contributed by atoms with E-state index in [1.807, 2.05) is 0 Å². The molecule has 0 bridgehead atoms. The summed E-state index contributed by atoms with van der Waals surface area (Å²) in [4.78, 5) is 23.8. The first-order chi connectivity index (χ1) is 12.0. The molecule has 2 aromatic rings. The van der Waals surface area contributed by atoms with Gasteiger partial charge in [-0.3, -0.25) is 9.59 Å². The first-order valence-electron chi connectivity index (χ1n) is 7.91. The highest BCUT2D eigenvalue weighted by molar-refractivity contribution is 5.98. The van der Waals surface area contributed by atoms with Crippen molar-refractivity contribution in [3.05, 3.63) is 54.1 Å². The first kappa shape index (κ1) is 16.9. The minimum atomic E-state index is -0.520. The number of piperidine rings is 1. The van der Waals surface area contributed by atoms with E-state index in [0.717, 1.165) is 0 Å². The lowest BCUT2D eigenvalue weighted by atomic mass is 9.96. The molecule has 1 unspecified atom stereocenters. The lowest BCUT2D eigenvalue weighted by Gasteiger charge is -2.22. The molecule has 3 N–H and O–H groups in total. The molecule has 5 nitrogen and oxygen atoms in total. The van der Waals surface area contributed by atoms with Gasteiger partial charge in [-0.05, 0) is 36.8 Å². The van der Waals surface area contributed by atoms with Crippen LogP contribution in [0.5, 0.6) is 0 Å². The van der Waals surface area contributed by atoms with E-state index in [1.165, 1.54) is 30.3 Å². The van der Waals surface area contributed by atoms with E-state index in [-0.39, 0.29) is 29.6 Å². The minimum Gasteiger partial charge on any atom is -0.356 e. The summed E-state index contributed by atoms with van der Waals surface area (Å²) < 4.78 is 27.4. The van der Waals surface area contributed by atoms with Gasteiger partial charge in [0.1, 0.15) is 11.6 Å². The average molecular weight is 345 g/mol. The molecule has 3 rings (SSSR count). The molecule has 25 heavy (non-hydrogen) atoms. The molecule has 0 radical (unpaired) electrons. The van der Waals surface area contributed by atoms with Crippen LogP contribution in [-0.2, 0) is 9.59 Å². The summed E-state index contributed by atoms with van der Waals surface area (Å²) in [6.45, 7) is 0.445. The second-order valence-corrected chi connectivity index (χ2v) is 5.82. The molecule has 2 amide bonds. The Morgan fingerprint density at radius 3 is 2.64 bits per heavy atom. The van der Waals surface area contributed by atoms with Gasteiger partial charge in [-0.15, -0.1) is 0 Å². The van der Waals surface area contributed by atoms with Crippen molar-refractivity contribution in [1.29, 1.82) is 0 Å². The number of amides is 2. The van der Waals surface area contributed by atoms with Gasteiger partial charge in [-0.2, -0.15) is 0 Å². The molecule has 1 aliphatic heterocycles. The summed E-state index contributed by atoms with van der Waals surface area (Å²) in [6, 6.07) is 9.76. The molecule has 1 aliphatic rings. The Kier molecular flexibility index (Phi) is 4.92. The third kappa shape index (κ3) is 4.12. The monoisotopic (exact) mass is 345 g/mol. The summed E-state index contributed by atoms with van der Waals surface area (Å²) in [6.07, 6.45) is 0.651. The van der Waals surface area contributed by atoms with E-state index in [4.69, 9.17) is 0 Å². The van der Waals surface area contributed by atoms with E-state index in [9.17, 15) is 18.4 Å². The zero-order valence-corrected chi connectivity index (χ0v) is 13.3. The van der Waals surface area contributed by atoms with Crippen molar-refractivity contribution in [3.63, 3.8) is 0 Å². The standard InChI is InChI=1S/C18H17F2N3O2/c19-12-5-6-15(23-18(25)11-7-8-21-17(24)9-11)16(10-12)22-14-4-2-1-3-13(14)20/h1-6,10-11,22H,7-9H2,(H,21,24)(H,23,25). The fourth-order valence-corrected chi connectivity index (χ4v) is 2.68. The topological polar surface area (TPSA) is 70.2 Å². The zero-order chi connectivity index (χ0) is 17.8. The Bertz CT molecular complexity index is 811. The number of para-hydroxylation sites is 1. The summed E-state index contributed by atoms with van der Waals surface area (Å²) in [5, 5.41) is 8.15. The predicted octanol–water partition coefficient (Wildman–Crippen LogP) is 3.17. The smallest absolute Gasteiger partial charge is 0.228 e. The third-order valence-corrected chi connectivity index (χ3v) is 4.00. The van der Waals surface area contributed by atoms with E-state index in [0.29, 0.717) is 18.7 Å². The van der Waals surface area contributed by atoms with Crippen molar-refractivity contribution in [3.8, 4) is 0 Å².